The molecule has 0 unspecified atom stereocenters. The van der Waals surface area contributed by atoms with Gasteiger partial charge in [-0.05, 0) is 69.2 Å². The van der Waals surface area contributed by atoms with Crippen LogP contribution in [0.5, 0.6) is 0 Å². The molecule has 5 rings (SSSR count). The summed E-state index contributed by atoms with van der Waals surface area (Å²) in [5.74, 6) is 3.56. The van der Waals surface area contributed by atoms with Gasteiger partial charge in [0.05, 0.1) is 0 Å². The third-order valence-corrected chi connectivity index (χ3v) is 5.90. The van der Waals surface area contributed by atoms with Crippen molar-refractivity contribution in [1.29, 1.82) is 0 Å². The number of hydrogen-bond donors (Lipinski definition) is 1. The number of nitrogens with zero attached hydrogens (tertiary/aromatic N) is 1. The van der Waals surface area contributed by atoms with Gasteiger partial charge in [0.15, 0.2) is 0 Å². The maximum atomic E-state index is 10.5. The maximum Gasteiger partial charge on any atom is 0.222 e. The Labute approximate surface area is 123 Å². The van der Waals surface area contributed by atoms with Gasteiger partial charge in [0.25, 0.3) is 0 Å². The number of rotatable bonds is 2. The molecule has 0 spiro atoms. The van der Waals surface area contributed by atoms with Crippen molar-refractivity contribution < 1.29 is 4.79 Å². The molecule has 5 aliphatic rings. The molecule has 20 heavy (non-hydrogen) atoms. The quantitative estimate of drug-likeness (QED) is 0.842. The predicted molar refractivity (Wildman–Crippen MR) is 81.5 cm³/mol. The van der Waals surface area contributed by atoms with Crippen molar-refractivity contribution in [3.63, 3.8) is 0 Å². The molecule has 0 aromatic heterocycles. The van der Waals surface area contributed by atoms with Crippen LogP contribution >= 0.6 is 0 Å². The largest absolute Gasteiger partial charge is 0.346 e. The third-order valence-electron chi connectivity index (χ3n) is 5.90. The highest BCUT2D eigenvalue weighted by Crippen LogP contribution is 2.55. The third kappa shape index (κ3) is 2.88. The Bertz CT molecular complexity index is 331. The van der Waals surface area contributed by atoms with Crippen LogP contribution in [0.25, 0.3) is 0 Å². The van der Waals surface area contributed by atoms with E-state index >= 15 is 0 Å². The Morgan fingerprint density at radius 1 is 1.15 bits per heavy atom. The molecule has 3 heteroatoms. The summed E-state index contributed by atoms with van der Waals surface area (Å²) >= 11 is 0. The number of amides is 1. The van der Waals surface area contributed by atoms with E-state index in [1.54, 1.807) is 24.2 Å². The molecule has 0 atom stereocenters. The van der Waals surface area contributed by atoms with Gasteiger partial charge in [-0.15, -0.1) is 0 Å². The van der Waals surface area contributed by atoms with Gasteiger partial charge in [0.1, 0.15) is 0 Å². The van der Waals surface area contributed by atoms with Crippen LogP contribution in [0, 0.1) is 17.8 Å². The van der Waals surface area contributed by atoms with Gasteiger partial charge < -0.3 is 10.2 Å². The van der Waals surface area contributed by atoms with E-state index in [-0.39, 0.29) is 0 Å². The van der Waals surface area contributed by atoms with Crippen molar-refractivity contribution in [2.45, 2.75) is 63.8 Å². The Kier molecular flexibility index (Phi) is 4.07. The monoisotopic (exact) mass is 278 g/mol. The highest BCUT2D eigenvalue weighted by Gasteiger charge is 2.50. The topological polar surface area (TPSA) is 32.3 Å². The Hall–Kier alpha value is -0.570. The molecule has 1 N–H and O–H groups in total. The molecule has 0 radical (unpaired) electrons. The second-order valence-corrected chi connectivity index (χ2v) is 7.65. The minimum atomic E-state index is 0.292. The summed E-state index contributed by atoms with van der Waals surface area (Å²) in [6.45, 7) is 4.39. The fourth-order valence-corrected chi connectivity index (χ4v) is 5.49. The minimum absolute atomic E-state index is 0.292. The van der Waals surface area contributed by atoms with Gasteiger partial charge in [0.2, 0.25) is 5.91 Å². The molecule has 1 aliphatic heterocycles. The lowest BCUT2D eigenvalue weighted by Gasteiger charge is -2.57. The zero-order chi connectivity index (χ0) is 14.2. The highest BCUT2D eigenvalue weighted by atomic mass is 16.2. The van der Waals surface area contributed by atoms with Crippen molar-refractivity contribution in [3.05, 3.63) is 0 Å². The smallest absolute Gasteiger partial charge is 0.222 e. The van der Waals surface area contributed by atoms with Gasteiger partial charge in [-0.1, -0.05) is 6.92 Å². The fourth-order valence-electron chi connectivity index (χ4n) is 5.49. The Morgan fingerprint density at radius 3 is 2.00 bits per heavy atom. The number of hydrogen-bond acceptors (Lipinski definition) is 2. The summed E-state index contributed by atoms with van der Waals surface area (Å²) in [6, 6.07) is 0. The van der Waals surface area contributed by atoms with Gasteiger partial charge in [-0.3, -0.25) is 4.79 Å². The first-order valence-corrected chi connectivity index (χ1v) is 8.59. The predicted octanol–water partition coefficient (Wildman–Crippen LogP) is 2.80. The highest BCUT2D eigenvalue weighted by molar-refractivity contribution is 5.77. The van der Waals surface area contributed by atoms with Gasteiger partial charge >= 0.3 is 0 Å². The summed E-state index contributed by atoms with van der Waals surface area (Å²) in [5, 5.41) is 3.79. The summed E-state index contributed by atoms with van der Waals surface area (Å²) in [4.78, 5) is 12.3. The summed E-state index contributed by atoms with van der Waals surface area (Å²) < 4.78 is 0. The van der Waals surface area contributed by atoms with Crippen molar-refractivity contribution in [2.75, 3.05) is 20.1 Å². The van der Waals surface area contributed by atoms with Crippen LogP contribution in [0.3, 0.4) is 0 Å². The van der Waals surface area contributed by atoms with Gasteiger partial charge in [-0.25, -0.2) is 0 Å². The lowest BCUT2D eigenvalue weighted by atomic mass is 9.53. The van der Waals surface area contributed by atoms with Crippen LogP contribution in [-0.4, -0.2) is 36.5 Å². The van der Waals surface area contributed by atoms with E-state index in [9.17, 15) is 4.79 Å². The van der Waals surface area contributed by atoms with E-state index in [0.29, 0.717) is 11.4 Å². The van der Waals surface area contributed by atoms with E-state index in [1.807, 2.05) is 7.05 Å². The molecule has 1 heterocycles. The zero-order valence-corrected chi connectivity index (χ0v) is 13.2. The summed E-state index contributed by atoms with van der Waals surface area (Å²) in [6.07, 6.45) is 11.0. The number of carbonyl (C=O) groups excluding carboxylic acids is 1. The van der Waals surface area contributed by atoms with E-state index < -0.39 is 0 Å². The van der Waals surface area contributed by atoms with Crippen LogP contribution in [-0.2, 0) is 4.79 Å². The zero-order valence-electron chi connectivity index (χ0n) is 13.2. The maximum absolute atomic E-state index is 10.5. The number of likely N-dealkylation sites (tertiary alicyclic amines) is 1. The van der Waals surface area contributed by atoms with E-state index in [2.05, 4.69) is 12.2 Å². The second kappa shape index (κ2) is 5.67. The SMILES string of the molecule is CCNC12CC3CC(CC(C3)C1)C2.CN1CCCC1=O. The van der Waals surface area contributed by atoms with Crippen LogP contribution in [0.15, 0.2) is 0 Å². The fraction of sp³-hybridized carbons (Fsp3) is 0.941. The minimum Gasteiger partial charge on any atom is -0.346 e. The molecule has 3 nitrogen and oxygen atoms in total. The van der Waals surface area contributed by atoms with E-state index in [1.165, 1.54) is 25.8 Å². The van der Waals surface area contributed by atoms with Crippen LogP contribution < -0.4 is 5.32 Å². The molecular formula is C17H30N2O. The van der Waals surface area contributed by atoms with E-state index in [0.717, 1.165) is 37.1 Å². The molecule has 114 valence electrons. The van der Waals surface area contributed by atoms with Crippen LogP contribution in [0.2, 0.25) is 0 Å². The van der Waals surface area contributed by atoms with Crippen LogP contribution in [0.1, 0.15) is 58.3 Å². The van der Waals surface area contributed by atoms with Crippen molar-refractivity contribution in [1.82, 2.24) is 10.2 Å². The lowest BCUT2D eigenvalue weighted by Crippen LogP contribution is -2.58. The molecule has 4 aliphatic carbocycles. The number of carbonyl (C=O) groups is 1. The average Bonchev–Trinajstić information content (AvgIpc) is 2.72. The van der Waals surface area contributed by atoms with E-state index in [4.69, 9.17) is 0 Å². The first-order valence-electron chi connectivity index (χ1n) is 8.59. The Morgan fingerprint density at radius 2 is 1.70 bits per heavy atom. The molecule has 0 aromatic rings. The molecule has 1 saturated heterocycles. The van der Waals surface area contributed by atoms with Gasteiger partial charge in [0, 0.05) is 25.6 Å². The summed E-state index contributed by atoms with van der Waals surface area (Å²) in [5.41, 5.74) is 0.601. The Balaban J connectivity index is 0.000000147. The van der Waals surface area contributed by atoms with Crippen molar-refractivity contribution in [2.24, 2.45) is 17.8 Å². The first kappa shape index (κ1) is 14.4. The van der Waals surface area contributed by atoms with Crippen molar-refractivity contribution in [3.8, 4) is 0 Å². The average molecular weight is 278 g/mol. The molecule has 1 amide bonds. The molecule has 4 bridgehead atoms. The van der Waals surface area contributed by atoms with Crippen LogP contribution in [0.4, 0.5) is 0 Å². The lowest BCUT2D eigenvalue weighted by molar-refractivity contribution is -0.126. The normalized spacial score (nSPS) is 41.8. The first-order chi connectivity index (χ1) is 9.60. The second-order valence-electron chi connectivity index (χ2n) is 7.65. The molecular weight excluding hydrogens is 248 g/mol. The molecule has 5 fully saturated rings. The summed E-state index contributed by atoms with van der Waals surface area (Å²) in [7, 11) is 1.84. The molecule has 0 aromatic carbocycles. The van der Waals surface area contributed by atoms with Gasteiger partial charge in [-0.2, -0.15) is 0 Å². The standard InChI is InChI=1S/C12H21N.C5H9NO/c1-2-13-12-6-9-3-10(7-12)5-11(4-9)8-12;1-6-4-2-3-5(6)7/h9-11,13H,2-8H2,1H3;2-4H2,1H3. The van der Waals surface area contributed by atoms with Crippen molar-refractivity contribution >= 4 is 5.91 Å². The number of nitrogens with one attached hydrogen (secondary N) is 1. The molecule has 4 saturated carbocycles.